The fraction of sp³-hybridized carbons (Fsp3) is 0.300. The van der Waals surface area contributed by atoms with Crippen LogP contribution in [0.2, 0.25) is 5.02 Å². The number of hydrogen-bond donors (Lipinski definition) is 1. The molecule has 16 heavy (non-hydrogen) atoms. The Labute approximate surface area is 99.6 Å². The molecule has 0 radical (unpaired) electrons. The first-order valence-corrected chi connectivity index (χ1v) is 6.65. The molecule has 1 aromatic rings. The Kier molecular flexibility index (Phi) is 4.16. The van der Waals surface area contributed by atoms with Crippen molar-refractivity contribution < 1.29 is 8.42 Å². The topological polar surface area (TPSA) is 84.0 Å². The van der Waals surface area contributed by atoms with Crippen molar-refractivity contribution in [3.63, 3.8) is 0 Å². The van der Waals surface area contributed by atoms with Crippen LogP contribution >= 0.6 is 11.6 Å². The first kappa shape index (κ1) is 12.8. The summed E-state index contributed by atoms with van der Waals surface area (Å²) in [5.74, 6) is -0.0539. The van der Waals surface area contributed by atoms with Gasteiger partial charge in [0.1, 0.15) is 0 Å². The van der Waals surface area contributed by atoms with Crippen molar-refractivity contribution in [2.75, 3.05) is 11.5 Å². The summed E-state index contributed by atoms with van der Waals surface area (Å²) in [6.45, 7) is 0. The molecule has 0 amide bonds. The average molecular weight is 259 g/mol. The number of benzene rings is 1. The van der Waals surface area contributed by atoms with E-state index in [9.17, 15) is 8.42 Å². The molecule has 0 fully saturated rings. The third kappa shape index (κ3) is 3.12. The van der Waals surface area contributed by atoms with Crippen LogP contribution in [-0.4, -0.2) is 14.2 Å². The quantitative estimate of drug-likeness (QED) is 0.661. The van der Waals surface area contributed by atoms with Crippen LogP contribution in [0, 0.1) is 11.3 Å². The number of rotatable bonds is 4. The lowest BCUT2D eigenvalue weighted by molar-refractivity contribution is 0.594. The van der Waals surface area contributed by atoms with E-state index in [1.165, 1.54) is 18.2 Å². The first-order chi connectivity index (χ1) is 7.47. The zero-order valence-electron chi connectivity index (χ0n) is 8.48. The number of unbranched alkanes of at least 4 members (excludes halogenated alkanes) is 1. The Morgan fingerprint density at radius 1 is 1.44 bits per heavy atom. The third-order valence-electron chi connectivity index (χ3n) is 2.03. The Bertz CT molecular complexity index is 520. The zero-order valence-corrected chi connectivity index (χ0v) is 10.1. The van der Waals surface area contributed by atoms with E-state index in [0.717, 1.165) is 0 Å². The summed E-state index contributed by atoms with van der Waals surface area (Å²) in [6, 6.07) is 6.11. The molecule has 0 bridgehead atoms. The number of nitrogens with two attached hydrogens (primary N) is 1. The van der Waals surface area contributed by atoms with Crippen molar-refractivity contribution in [1.29, 1.82) is 5.26 Å². The van der Waals surface area contributed by atoms with Gasteiger partial charge in [-0.25, -0.2) is 8.42 Å². The minimum absolute atomic E-state index is 0.0539. The van der Waals surface area contributed by atoms with E-state index < -0.39 is 9.84 Å². The number of halogens is 1. The van der Waals surface area contributed by atoms with Gasteiger partial charge in [-0.1, -0.05) is 11.6 Å². The highest BCUT2D eigenvalue weighted by Crippen LogP contribution is 2.23. The van der Waals surface area contributed by atoms with E-state index in [1.807, 2.05) is 6.07 Å². The lowest BCUT2D eigenvalue weighted by atomic mass is 10.3. The number of nitrogen functional groups attached to an aromatic ring is 1. The van der Waals surface area contributed by atoms with Crippen molar-refractivity contribution in [3.8, 4) is 6.07 Å². The van der Waals surface area contributed by atoms with E-state index in [-0.39, 0.29) is 22.8 Å². The van der Waals surface area contributed by atoms with Gasteiger partial charge >= 0.3 is 0 Å². The lowest BCUT2D eigenvalue weighted by Gasteiger charge is -2.05. The minimum Gasteiger partial charge on any atom is -0.397 e. The Morgan fingerprint density at radius 3 is 2.69 bits per heavy atom. The van der Waals surface area contributed by atoms with E-state index in [2.05, 4.69) is 0 Å². The second-order valence-corrected chi connectivity index (χ2v) is 5.78. The molecule has 0 aliphatic carbocycles. The Hall–Kier alpha value is -1.25. The molecule has 0 saturated heterocycles. The fourth-order valence-electron chi connectivity index (χ4n) is 1.17. The van der Waals surface area contributed by atoms with Gasteiger partial charge in [-0.3, -0.25) is 0 Å². The lowest BCUT2D eigenvalue weighted by Crippen LogP contribution is -2.07. The molecule has 0 atom stereocenters. The molecule has 4 nitrogen and oxygen atoms in total. The normalized spacial score (nSPS) is 11.0. The van der Waals surface area contributed by atoms with Crippen LogP contribution < -0.4 is 5.73 Å². The van der Waals surface area contributed by atoms with Crippen LogP contribution in [-0.2, 0) is 9.84 Å². The monoisotopic (exact) mass is 258 g/mol. The second-order valence-electron chi connectivity index (χ2n) is 3.26. The van der Waals surface area contributed by atoms with Crippen LogP contribution in [0.3, 0.4) is 0 Å². The van der Waals surface area contributed by atoms with E-state index in [0.29, 0.717) is 11.4 Å². The SMILES string of the molecule is N#CCCCS(=O)(=O)c1ccc(Cl)c(N)c1. The van der Waals surface area contributed by atoms with Gasteiger partial charge in [0, 0.05) is 6.42 Å². The molecule has 2 N–H and O–H groups in total. The summed E-state index contributed by atoms with van der Waals surface area (Å²) >= 11 is 5.69. The Morgan fingerprint density at radius 2 is 2.12 bits per heavy atom. The number of hydrogen-bond acceptors (Lipinski definition) is 4. The largest absolute Gasteiger partial charge is 0.397 e. The minimum atomic E-state index is -3.36. The highest BCUT2D eigenvalue weighted by atomic mass is 35.5. The highest BCUT2D eigenvalue weighted by molar-refractivity contribution is 7.91. The van der Waals surface area contributed by atoms with Gasteiger partial charge in [0.2, 0.25) is 0 Å². The van der Waals surface area contributed by atoms with Gasteiger partial charge in [0.25, 0.3) is 0 Å². The summed E-state index contributed by atoms with van der Waals surface area (Å²) in [5.41, 5.74) is 5.76. The molecule has 1 rings (SSSR count). The van der Waals surface area contributed by atoms with E-state index >= 15 is 0 Å². The molecule has 0 unspecified atom stereocenters. The second kappa shape index (κ2) is 5.19. The zero-order chi connectivity index (χ0) is 12.2. The Balaban J connectivity index is 2.91. The summed E-state index contributed by atoms with van der Waals surface area (Å²) in [5, 5.41) is 8.66. The first-order valence-electron chi connectivity index (χ1n) is 4.62. The summed E-state index contributed by atoms with van der Waals surface area (Å²) in [6.07, 6.45) is 0.545. The maximum Gasteiger partial charge on any atom is 0.178 e. The molecule has 0 spiro atoms. The van der Waals surface area contributed by atoms with Crippen molar-refractivity contribution in [1.82, 2.24) is 0 Å². The maximum absolute atomic E-state index is 11.8. The molecular weight excluding hydrogens is 248 g/mol. The van der Waals surface area contributed by atoms with Crippen molar-refractivity contribution in [2.45, 2.75) is 17.7 Å². The van der Waals surface area contributed by atoms with Gasteiger partial charge < -0.3 is 5.73 Å². The van der Waals surface area contributed by atoms with E-state index in [4.69, 9.17) is 22.6 Å². The molecule has 6 heteroatoms. The van der Waals surface area contributed by atoms with Crippen LogP contribution in [0.25, 0.3) is 0 Å². The summed E-state index contributed by atoms with van der Waals surface area (Å²) in [7, 11) is -3.36. The number of sulfone groups is 1. The molecular formula is C10H11ClN2O2S. The van der Waals surface area contributed by atoms with Crippen molar-refractivity contribution >= 4 is 27.1 Å². The molecule has 0 heterocycles. The van der Waals surface area contributed by atoms with Gasteiger partial charge in [0.05, 0.1) is 27.4 Å². The smallest absolute Gasteiger partial charge is 0.178 e. The summed E-state index contributed by atoms with van der Waals surface area (Å²) in [4.78, 5) is 0.146. The van der Waals surface area contributed by atoms with Crippen LogP contribution in [0.4, 0.5) is 5.69 Å². The molecule has 0 saturated carbocycles. The number of anilines is 1. The standard InChI is InChI=1S/C10H11ClN2O2S/c11-9-4-3-8(7-10(9)13)16(14,15)6-2-1-5-12/h3-4,7H,1-2,6,13H2. The number of nitriles is 1. The van der Waals surface area contributed by atoms with Gasteiger partial charge in [-0.15, -0.1) is 0 Å². The molecule has 86 valence electrons. The highest BCUT2D eigenvalue weighted by Gasteiger charge is 2.14. The predicted octanol–water partition coefficient (Wildman–Crippen LogP) is 2.00. The van der Waals surface area contributed by atoms with E-state index in [1.54, 1.807) is 0 Å². The molecule has 0 aliphatic rings. The average Bonchev–Trinajstić information content (AvgIpc) is 2.22. The molecule has 0 aromatic heterocycles. The maximum atomic E-state index is 11.8. The van der Waals surface area contributed by atoms with Gasteiger partial charge in [-0.2, -0.15) is 5.26 Å². The predicted molar refractivity (Wildman–Crippen MR) is 62.8 cm³/mol. The fourth-order valence-corrected chi connectivity index (χ4v) is 2.63. The van der Waals surface area contributed by atoms with Gasteiger partial charge in [-0.05, 0) is 24.6 Å². The molecule has 0 aliphatic heterocycles. The van der Waals surface area contributed by atoms with Crippen LogP contribution in [0.1, 0.15) is 12.8 Å². The third-order valence-corrected chi connectivity index (χ3v) is 4.17. The van der Waals surface area contributed by atoms with Crippen molar-refractivity contribution in [3.05, 3.63) is 23.2 Å². The van der Waals surface area contributed by atoms with Gasteiger partial charge in [0.15, 0.2) is 9.84 Å². The molecule has 1 aromatic carbocycles. The van der Waals surface area contributed by atoms with Crippen LogP contribution in [0.5, 0.6) is 0 Å². The van der Waals surface area contributed by atoms with Crippen molar-refractivity contribution in [2.24, 2.45) is 0 Å². The summed E-state index contributed by atoms with van der Waals surface area (Å²) < 4.78 is 23.5. The van der Waals surface area contributed by atoms with Crippen LogP contribution in [0.15, 0.2) is 23.1 Å². The number of nitrogens with zero attached hydrogens (tertiary/aromatic N) is 1.